The molecule has 1 radical (unpaired) electrons. The van der Waals surface area contributed by atoms with Gasteiger partial charge < -0.3 is 0 Å². The number of nitrogens with zero attached hydrogens (tertiary/aromatic N) is 1. The predicted octanol–water partition coefficient (Wildman–Crippen LogP) is 1.57. The van der Waals surface area contributed by atoms with Crippen molar-refractivity contribution in [2.45, 2.75) is 0 Å². The Hall–Kier alpha value is -0.480. The lowest BCUT2D eigenvalue weighted by Gasteiger charge is -1.31. The summed E-state index contributed by atoms with van der Waals surface area (Å²) < 4.78 is 0. The van der Waals surface area contributed by atoms with E-state index < -0.39 is 0 Å². The number of hydrogen-bond acceptors (Lipinski definition) is 1. The van der Waals surface area contributed by atoms with Crippen molar-refractivity contribution in [2.75, 3.05) is 0 Å². The maximum Gasteiger partial charge on any atom is 0.0905 e. The lowest BCUT2D eigenvalue weighted by atomic mass is 10.8. The molecule has 2 heteroatoms. The van der Waals surface area contributed by atoms with Gasteiger partial charge >= 0.3 is 0 Å². The molecule has 0 saturated carbocycles. The summed E-state index contributed by atoms with van der Waals surface area (Å²) in [6, 6.07) is 1.69. The average Bonchev–Trinajstić information content (AvgIpc) is 1.37. The third kappa shape index (κ3) is 82.7. The van der Waals surface area contributed by atoms with Crippen LogP contribution in [-0.2, 0) is 0 Å². The van der Waals surface area contributed by atoms with E-state index in [0.717, 1.165) is 0 Å². The van der Waals surface area contributed by atoms with E-state index in [1.807, 2.05) is 0 Å². The molecule has 0 aliphatic heterocycles. The zero-order valence-corrected chi connectivity index (χ0v) is 4.46. The number of halogens is 1. The van der Waals surface area contributed by atoms with Gasteiger partial charge in [0.25, 0.3) is 0 Å². The van der Waals surface area contributed by atoms with Crippen LogP contribution >= 0.6 is 12.4 Å². The Labute approximate surface area is 44.7 Å². The molecule has 0 amide bonds. The SMILES string of the molecule is C=CC#N.Cl.[CH3]. The van der Waals surface area contributed by atoms with Crippen LogP contribution in [-0.4, -0.2) is 0 Å². The fourth-order valence-corrected chi connectivity index (χ4v) is 0. The lowest BCUT2D eigenvalue weighted by molar-refractivity contribution is 1.54. The molecule has 1 nitrogen and oxygen atoms in total. The van der Waals surface area contributed by atoms with Crippen molar-refractivity contribution in [3.63, 3.8) is 0 Å². The van der Waals surface area contributed by atoms with Gasteiger partial charge in [-0.2, -0.15) is 5.26 Å². The smallest absolute Gasteiger partial charge is 0.0905 e. The summed E-state index contributed by atoms with van der Waals surface area (Å²) in [7, 11) is 0. The van der Waals surface area contributed by atoms with E-state index in [2.05, 4.69) is 6.58 Å². The van der Waals surface area contributed by atoms with Crippen LogP contribution in [0.15, 0.2) is 12.7 Å². The summed E-state index contributed by atoms with van der Waals surface area (Å²) in [5.41, 5.74) is 0. The maximum absolute atomic E-state index is 7.51. The Morgan fingerprint density at radius 2 is 1.83 bits per heavy atom. The van der Waals surface area contributed by atoms with Crippen LogP contribution in [0.1, 0.15) is 0 Å². The van der Waals surface area contributed by atoms with Crippen LogP contribution in [0.5, 0.6) is 0 Å². The zero-order valence-electron chi connectivity index (χ0n) is 3.64. The van der Waals surface area contributed by atoms with E-state index in [-0.39, 0.29) is 19.8 Å². The third-order valence-corrected chi connectivity index (χ3v) is 0.0913. The minimum absolute atomic E-state index is 0. The molecule has 6 heavy (non-hydrogen) atoms. The van der Waals surface area contributed by atoms with Crippen molar-refractivity contribution in [3.05, 3.63) is 20.1 Å². The topological polar surface area (TPSA) is 23.8 Å². The van der Waals surface area contributed by atoms with Gasteiger partial charge in [0, 0.05) is 6.08 Å². The van der Waals surface area contributed by atoms with Crippen molar-refractivity contribution >= 4 is 12.4 Å². The molecule has 0 unspecified atom stereocenters. The molecule has 0 rings (SSSR count). The number of nitriles is 1. The van der Waals surface area contributed by atoms with Crippen LogP contribution in [0.4, 0.5) is 0 Å². The highest BCUT2D eigenvalue weighted by atomic mass is 35.5. The van der Waals surface area contributed by atoms with Crippen molar-refractivity contribution < 1.29 is 0 Å². The minimum Gasteiger partial charge on any atom is -0.193 e. The van der Waals surface area contributed by atoms with Crippen molar-refractivity contribution in [1.29, 1.82) is 5.26 Å². The van der Waals surface area contributed by atoms with Crippen molar-refractivity contribution in [2.24, 2.45) is 0 Å². The monoisotopic (exact) mass is 104 g/mol. The number of rotatable bonds is 0. The van der Waals surface area contributed by atoms with Crippen molar-refractivity contribution in [1.82, 2.24) is 0 Å². The molecule has 0 aromatic heterocycles. The van der Waals surface area contributed by atoms with Gasteiger partial charge in [0.2, 0.25) is 0 Å². The van der Waals surface area contributed by atoms with Gasteiger partial charge in [-0.25, -0.2) is 0 Å². The van der Waals surface area contributed by atoms with Gasteiger partial charge in [0.15, 0.2) is 0 Å². The van der Waals surface area contributed by atoms with Crippen LogP contribution in [0.2, 0.25) is 0 Å². The lowest BCUT2D eigenvalue weighted by Crippen LogP contribution is -1.23. The first-order chi connectivity index (χ1) is 1.91. The van der Waals surface area contributed by atoms with Gasteiger partial charge in [-0.3, -0.25) is 0 Å². The first-order valence-electron chi connectivity index (χ1n) is 0.921. The van der Waals surface area contributed by atoms with Gasteiger partial charge in [0.05, 0.1) is 6.07 Å². The Kier molecular flexibility index (Phi) is 71.7. The zero-order chi connectivity index (χ0) is 3.41. The predicted molar refractivity (Wildman–Crippen MR) is 29.5 cm³/mol. The molecular weight excluding hydrogens is 97.5 g/mol. The van der Waals surface area contributed by atoms with E-state index in [1.165, 1.54) is 6.08 Å². The third-order valence-electron chi connectivity index (χ3n) is 0.0913. The van der Waals surface area contributed by atoms with Gasteiger partial charge in [-0.1, -0.05) is 14.0 Å². The molecule has 0 aromatic rings. The van der Waals surface area contributed by atoms with E-state index in [0.29, 0.717) is 0 Å². The molecule has 0 N–H and O–H groups in total. The van der Waals surface area contributed by atoms with Gasteiger partial charge in [-0.15, -0.1) is 12.4 Å². The normalized spacial score (nSPS) is 2.50. The second-order valence-electron chi connectivity index (χ2n) is 0.333. The Morgan fingerprint density at radius 3 is 1.83 bits per heavy atom. The van der Waals surface area contributed by atoms with Crippen molar-refractivity contribution in [3.8, 4) is 6.07 Å². The second kappa shape index (κ2) is 24.2. The van der Waals surface area contributed by atoms with E-state index in [4.69, 9.17) is 5.26 Å². The summed E-state index contributed by atoms with van der Waals surface area (Å²) >= 11 is 0. The molecule has 0 aromatic carbocycles. The Bertz CT molecular complexity index is 53.1. The molecule has 0 heterocycles. The molecular formula is C4H7ClN. The number of hydrogen-bond donors (Lipinski definition) is 0. The maximum atomic E-state index is 7.51. The highest BCUT2D eigenvalue weighted by Gasteiger charge is 1.34. The molecule has 0 aliphatic rings. The molecule has 35 valence electrons. The molecule has 0 atom stereocenters. The minimum atomic E-state index is 0. The molecule has 0 fully saturated rings. The molecule has 0 spiro atoms. The molecule has 0 saturated heterocycles. The quantitative estimate of drug-likeness (QED) is 0.428. The van der Waals surface area contributed by atoms with E-state index in [1.54, 1.807) is 6.07 Å². The molecule has 0 bridgehead atoms. The Balaban J connectivity index is -0.0000000450. The first kappa shape index (κ1) is 17.8. The standard InChI is InChI=1S/C3H3N.CH3.ClH/c1-2-3-4;;/h2H,1H2;1H3;1H. The first-order valence-corrected chi connectivity index (χ1v) is 0.921. The average molecular weight is 105 g/mol. The van der Waals surface area contributed by atoms with Crippen LogP contribution in [0.25, 0.3) is 0 Å². The number of allylic oxidation sites excluding steroid dienone is 1. The largest absolute Gasteiger partial charge is 0.193 e. The van der Waals surface area contributed by atoms with Crippen LogP contribution in [0.3, 0.4) is 0 Å². The highest BCUT2D eigenvalue weighted by molar-refractivity contribution is 5.85. The fraction of sp³-hybridized carbons (Fsp3) is 0. The van der Waals surface area contributed by atoms with E-state index >= 15 is 0 Å². The van der Waals surface area contributed by atoms with E-state index in [9.17, 15) is 0 Å². The summed E-state index contributed by atoms with van der Waals surface area (Å²) in [6.45, 7) is 3.12. The fourth-order valence-electron chi connectivity index (χ4n) is 0. The van der Waals surface area contributed by atoms with Crippen LogP contribution < -0.4 is 0 Å². The van der Waals surface area contributed by atoms with Crippen LogP contribution in [0, 0.1) is 18.8 Å². The Morgan fingerprint density at radius 1 is 1.67 bits per heavy atom. The highest BCUT2D eigenvalue weighted by Crippen LogP contribution is 1.41. The summed E-state index contributed by atoms with van der Waals surface area (Å²) in [5.74, 6) is 0. The summed E-state index contributed by atoms with van der Waals surface area (Å²) in [4.78, 5) is 0. The summed E-state index contributed by atoms with van der Waals surface area (Å²) in [5, 5.41) is 7.51. The van der Waals surface area contributed by atoms with Gasteiger partial charge in [-0.05, 0) is 0 Å². The van der Waals surface area contributed by atoms with Gasteiger partial charge in [0.1, 0.15) is 0 Å². The summed E-state index contributed by atoms with van der Waals surface area (Å²) in [6.07, 6.45) is 1.18. The second-order valence-corrected chi connectivity index (χ2v) is 0.333. The molecule has 0 aliphatic carbocycles.